The molecular formula is C16H21N3O2. The highest BCUT2D eigenvalue weighted by Crippen LogP contribution is 2.21. The molecule has 1 aliphatic rings. The molecule has 0 saturated carbocycles. The Kier molecular flexibility index (Phi) is 2.32. The average molecular weight is 293 g/mol. The lowest BCUT2D eigenvalue weighted by molar-refractivity contribution is 0.177. The number of ether oxygens (including phenoxy) is 1. The molecule has 2 N–H and O–H groups in total. The van der Waals surface area contributed by atoms with Gasteiger partial charge in [-0.15, -0.1) is 0 Å². The third kappa shape index (κ3) is 3.19. The van der Waals surface area contributed by atoms with Gasteiger partial charge in [0.05, 0.1) is 8.76 Å². The lowest BCUT2D eigenvalue weighted by Crippen LogP contribution is -2.28. The van der Waals surface area contributed by atoms with E-state index in [9.17, 15) is 4.79 Å². The molecule has 1 amide bonds. The number of amides is 1. The quantitative estimate of drug-likeness (QED) is 0.885. The van der Waals surface area contributed by atoms with Gasteiger partial charge in [0.15, 0.2) is 0 Å². The van der Waals surface area contributed by atoms with Gasteiger partial charge in [0.2, 0.25) is 0 Å². The first-order chi connectivity index (χ1) is 12.4. The Hall–Kier alpha value is -2.01. The molecule has 0 spiro atoms. The molecule has 0 aliphatic carbocycles. The van der Waals surface area contributed by atoms with Crippen LogP contribution in [-0.2, 0) is 17.5 Å². The maximum Gasteiger partial charge on any atom is 0.407 e. The predicted molar refractivity (Wildman–Crippen MR) is 82.5 cm³/mol. The van der Waals surface area contributed by atoms with Crippen molar-refractivity contribution in [2.24, 2.45) is 0 Å². The number of cyclic esters (lactones) is 1. The van der Waals surface area contributed by atoms with Gasteiger partial charge in [-0.2, -0.15) is 0 Å². The minimum Gasteiger partial charge on any atom is -0.447 e. The van der Waals surface area contributed by atoms with Gasteiger partial charge >= 0.3 is 6.09 Å². The van der Waals surface area contributed by atoms with Crippen LogP contribution in [-0.4, -0.2) is 49.2 Å². The van der Waals surface area contributed by atoms with E-state index in [0.717, 1.165) is 0 Å². The van der Waals surface area contributed by atoms with Crippen LogP contribution < -0.4 is 5.32 Å². The summed E-state index contributed by atoms with van der Waals surface area (Å²) in [4.78, 5) is 15.6. The van der Waals surface area contributed by atoms with E-state index in [1.165, 1.54) is 17.0 Å². The summed E-state index contributed by atoms with van der Waals surface area (Å²) in [5, 5.41) is 2.72. The summed E-state index contributed by atoms with van der Waals surface area (Å²) in [5.41, 5.74) is 1.14. The normalized spacial score (nSPS) is 27.3. The Balaban J connectivity index is 2.07. The van der Waals surface area contributed by atoms with Gasteiger partial charge in [0.25, 0.3) is 0 Å². The molecule has 0 unspecified atom stereocenters. The highest BCUT2D eigenvalue weighted by Gasteiger charge is 2.22. The van der Waals surface area contributed by atoms with Crippen LogP contribution >= 0.6 is 0 Å². The number of alkyl carbamates (subject to hydrolysis) is 1. The van der Waals surface area contributed by atoms with Gasteiger partial charge in [-0.3, -0.25) is 0 Å². The Morgan fingerprint density at radius 1 is 1.57 bits per heavy atom. The zero-order valence-electron chi connectivity index (χ0n) is 17.9. The number of aromatic amines is 1. The molecule has 5 nitrogen and oxygen atoms in total. The molecule has 3 rings (SSSR count). The van der Waals surface area contributed by atoms with Crippen LogP contribution in [0.4, 0.5) is 4.79 Å². The standard InChI is InChI=1S/C16H21N3O2/c1-19(2)6-5-12-9-17-15-4-3-11(8-14(12)15)7-13-10-21-16(20)18-13/h3-4,8-9,13,17H,5-7,10H2,1-2H3,(H,18,20)/t13-/m0/s1/i6D2,7D2,9D,13D. The second-order valence-corrected chi connectivity index (χ2v) is 5.02. The molecule has 0 bridgehead atoms. The van der Waals surface area contributed by atoms with E-state index in [1.807, 2.05) is 0 Å². The number of aromatic nitrogens is 1. The van der Waals surface area contributed by atoms with Crippen molar-refractivity contribution < 1.29 is 17.8 Å². The van der Waals surface area contributed by atoms with Crippen molar-refractivity contribution in [2.45, 2.75) is 18.8 Å². The monoisotopic (exact) mass is 293 g/mol. The number of carbonyl (C=O) groups excluding carboxylic acids is 1. The van der Waals surface area contributed by atoms with E-state index in [-0.39, 0.29) is 18.2 Å². The first-order valence-electron chi connectivity index (χ1n) is 9.61. The molecule has 1 aromatic carbocycles. The number of rotatable bonds is 5. The summed E-state index contributed by atoms with van der Waals surface area (Å²) >= 11 is 0. The molecule has 1 fully saturated rings. The number of likely N-dealkylation sites (N-methyl/N-ethyl adjacent to an activating group) is 1. The van der Waals surface area contributed by atoms with Gasteiger partial charge in [0.1, 0.15) is 6.61 Å². The summed E-state index contributed by atoms with van der Waals surface area (Å²) in [6, 6.07) is 2.61. The van der Waals surface area contributed by atoms with Crippen molar-refractivity contribution in [3.8, 4) is 0 Å². The van der Waals surface area contributed by atoms with Crippen LogP contribution in [0.5, 0.6) is 0 Å². The lowest BCUT2D eigenvalue weighted by atomic mass is 10.0. The Morgan fingerprint density at radius 3 is 3.14 bits per heavy atom. The minimum atomic E-state index is -2.26. The van der Waals surface area contributed by atoms with Crippen molar-refractivity contribution in [2.75, 3.05) is 27.2 Å². The van der Waals surface area contributed by atoms with Crippen LogP contribution in [0.25, 0.3) is 10.9 Å². The lowest BCUT2D eigenvalue weighted by Gasteiger charge is -2.09. The zero-order valence-corrected chi connectivity index (χ0v) is 11.9. The second-order valence-electron chi connectivity index (χ2n) is 5.02. The fourth-order valence-electron chi connectivity index (χ4n) is 2.14. The minimum absolute atomic E-state index is 0.0584. The highest BCUT2D eigenvalue weighted by molar-refractivity contribution is 5.84. The molecule has 2 heterocycles. The molecule has 0 radical (unpaired) electrons. The Bertz CT molecular complexity index is 898. The molecule has 1 aliphatic heterocycles. The van der Waals surface area contributed by atoms with Crippen molar-refractivity contribution in [1.82, 2.24) is 15.2 Å². The predicted octanol–water partition coefficient (Wildman–Crippen LogP) is 1.92. The summed E-state index contributed by atoms with van der Waals surface area (Å²) in [6.07, 6.45) is -3.10. The van der Waals surface area contributed by atoms with Crippen molar-refractivity contribution in [1.29, 1.82) is 0 Å². The maximum atomic E-state index is 11.3. The molecule has 2 aromatic rings. The second kappa shape index (κ2) is 5.77. The number of fused-ring (bicyclic) bond motifs is 1. The number of aryl methyl sites for hydroxylation is 1. The number of carbonyl (C=O) groups is 1. The third-order valence-corrected chi connectivity index (χ3v) is 3.16. The van der Waals surface area contributed by atoms with Crippen LogP contribution in [0, 0.1) is 0 Å². The molecule has 1 aromatic heterocycles. The van der Waals surface area contributed by atoms with Gasteiger partial charge in [-0.1, -0.05) is 6.07 Å². The van der Waals surface area contributed by atoms with Crippen LogP contribution in [0.2, 0.25) is 0 Å². The fraction of sp³-hybridized carbons (Fsp3) is 0.438. The van der Waals surface area contributed by atoms with E-state index in [0.29, 0.717) is 16.5 Å². The number of benzene rings is 1. The Morgan fingerprint density at radius 2 is 2.43 bits per heavy atom. The molecule has 1 atom stereocenters. The van der Waals surface area contributed by atoms with E-state index in [4.69, 9.17) is 13.0 Å². The van der Waals surface area contributed by atoms with Gasteiger partial charge < -0.3 is 19.9 Å². The van der Waals surface area contributed by atoms with Crippen molar-refractivity contribution >= 4 is 17.0 Å². The number of H-pyrrole nitrogens is 1. The largest absolute Gasteiger partial charge is 0.447 e. The van der Waals surface area contributed by atoms with Crippen molar-refractivity contribution in [3.05, 3.63) is 35.5 Å². The third-order valence-electron chi connectivity index (χ3n) is 3.16. The number of nitrogens with one attached hydrogen (secondary N) is 2. The molecule has 5 heteroatoms. The highest BCUT2D eigenvalue weighted by atomic mass is 16.6. The van der Waals surface area contributed by atoms with E-state index in [1.54, 1.807) is 20.2 Å². The smallest absolute Gasteiger partial charge is 0.407 e. The van der Waals surface area contributed by atoms with Crippen LogP contribution in [0.1, 0.15) is 19.4 Å². The maximum absolute atomic E-state index is 11.3. The van der Waals surface area contributed by atoms with Crippen LogP contribution in [0.3, 0.4) is 0 Å². The van der Waals surface area contributed by atoms with E-state index >= 15 is 0 Å². The molecule has 1 saturated heterocycles. The van der Waals surface area contributed by atoms with Gasteiger partial charge in [-0.05, 0) is 50.1 Å². The van der Waals surface area contributed by atoms with Gasteiger partial charge in [-0.25, -0.2) is 4.79 Å². The van der Waals surface area contributed by atoms with Gasteiger partial charge in [0, 0.05) is 29.1 Å². The average Bonchev–Trinajstić information content (AvgIpc) is 3.07. The van der Waals surface area contributed by atoms with E-state index < -0.39 is 31.6 Å². The topological polar surface area (TPSA) is 57.4 Å². The van der Waals surface area contributed by atoms with Crippen LogP contribution in [0.15, 0.2) is 24.4 Å². The number of hydrogen-bond donors (Lipinski definition) is 2. The molecule has 21 heavy (non-hydrogen) atoms. The number of nitrogens with zero attached hydrogens (tertiary/aromatic N) is 1. The first kappa shape index (κ1) is 8.44. The first-order valence-corrected chi connectivity index (χ1v) is 6.61. The molecular weight excluding hydrogens is 266 g/mol. The summed E-state index contributed by atoms with van der Waals surface area (Å²) in [6.45, 7) is -2.12. The SMILES string of the molecule is [2H]c1[nH]c2ccc(C([2H])([2H])[C@@]3([2H])COC(=O)N3)cc2c1CC([2H])([2H])N(C)C. The fourth-order valence-corrected chi connectivity index (χ4v) is 2.14. The Labute approximate surface area is 132 Å². The van der Waals surface area contributed by atoms with Crippen molar-refractivity contribution in [3.63, 3.8) is 0 Å². The number of hydrogen-bond acceptors (Lipinski definition) is 3. The summed E-state index contributed by atoms with van der Waals surface area (Å²) in [7, 11) is 3.21. The summed E-state index contributed by atoms with van der Waals surface area (Å²) in [5.74, 6) is 0. The summed E-state index contributed by atoms with van der Waals surface area (Å²) < 4.78 is 54.2. The zero-order chi connectivity index (χ0) is 20.2. The molecule has 112 valence electrons. The van der Waals surface area contributed by atoms with E-state index in [2.05, 4.69) is 10.3 Å².